The van der Waals surface area contributed by atoms with Gasteiger partial charge in [-0.05, 0) is 37.1 Å². The van der Waals surface area contributed by atoms with E-state index in [0.29, 0.717) is 31.6 Å². The number of para-hydroxylation sites is 1. The SMILES string of the molecule is C=CC(=O)N(c1ccccc1)C1(C(=O)OC)CCN(CCn2cccn2)CC1. The number of piperidine rings is 1. The van der Waals surface area contributed by atoms with Crippen molar-refractivity contribution in [1.82, 2.24) is 14.7 Å². The zero-order chi connectivity index (χ0) is 20.0. The molecule has 1 aromatic carbocycles. The highest BCUT2D eigenvalue weighted by Gasteiger charge is 2.49. The van der Waals surface area contributed by atoms with Crippen LogP contribution in [0.1, 0.15) is 12.8 Å². The number of ether oxygens (including phenoxy) is 1. The lowest BCUT2D eigenvalue weighted by Crippen LogP contribution is -2.62. The van der Waals surface area contributed by atoms with Gasteiger partial charge in [0.05, 0.1) is 13.7 Å². The minimum Gasteiger partial charge on any atom is -0.467 e. The Labute approximate surface area is 165 Å². The van der Waals surface area contributed by atoms with Crippen molar-refractivity contribution in [1.29, 1.82) is 0 Å². The van der Waals surface area contributed by atoms with Crippen molar-refractivity contribution in [3.8, 4) is 0 Å². The molecule has 3 rings (SSSR count). The molecule has 7 heteroatoms. The summed E-state index contributed by atoms with van der Waals surface area (Å²) in [5.74, 6) is -0.695. The molecular formula is C21H26N4O3. The van der Waals surface area contributed by atoms with Gasteiger partial charge in [-0.3, -0.25) is 14.4 Å². The van der Waals surface area contributed by atoms with Crippen LogP contribution in [0.25, 0.3) is 0 Å². The lowest BCUT2D eigenvalue weighted by atomic mass is 9.84. The number of rotatable bonds is 7. The number of hydrogen-bond donors (Lipinski definition) is 0. The first-order valence-corrected chi connectivity index (χ1v) is 9.40. The first-order valence-electron chi connectivity index (χ1n) is 9.40. The molecule has 2 heterocycles. The van der Waals surface area contributed by atoms with Crippen LogP contribution < -0.4 is 4.90 Å². The molecule has 0 saturated carbocycles. The number of nitrogens with zero attached hydrogens (tertiary/aromatic N) is 4. The van der Waals surface area contributed by atoms with E-state index in [4.69, 9.17) is 4.74 Å². The van der Waals surface area contributed by atoms with Crippen molar-refractivity contribution in [2.45, 2.75) is 24.9 Å². The van der Waals surface area contributed by atoms with Crippen LogP contribution in [-0.4, -0.2) is 58.8 Å². The number of carbonyl (C=O) groups excluding carboxylic acids is 2. The second kappa shape index (κ2) is 8.84. The van der Waals surface area contributed by atoms with E-state index >= 15 is 0 Å². The van der Waals surface area contributed by atoms with Crippen LogP contribution >= 0.6 is 0 Å². The van der Waals surface area contributed by atoms with E-state index in [0.717, 1.165) is 13.1 Å². The third kappa shape index (κ3) is 3.99. The molecule has 0 bridgehead atoms. The molecule has 148 valence electrons. The second-order valence-corrected chi connectivity index (χ2v) is 6.85. The summed E-state index contributed by atoms with van der Waals surface area (Å²) in [7, 11) is 1.37. The van der Waals surface area contributed by atoms with Crippen LogP contribution in [0.5, 0.6) is 0 Å². The van der Waals surface area contributed by atoms with Gasteiger partial charge in [-0.25, -0.2) is 4.79 Å². The van der Waals surface area contributed by atoms with E-state index in [2.05, 4.69) is 16.6 Å². The van der Waals surface area contributed by atoms with E-state index in [-0.39, 0.29) is 5.91 Å². The summed E-state index contributed by atoms with van der Waals surface area (Å²) in [6, 6.07) is 11.1. The molecule has 0 spiro atoms. The normalized spacial score (nSPS) is 16.3. The molecule has 1 saturated heterocycles. The summed E-state index contributed by atoms with van der Waals surface area (Å²) in [5, 5.41) is 4.22. The molecule has 28 heavy (non-hydrogen) atoms. The van der Waals surface area contributed by atoms with Gasteiger partial charge in [0.15, 0.2) is 0 Å². The predicted octanol–water partition coefficient (Wildman–Crippen LogP) is 2.11. The van der Waals surface area contributed by atoms with Crippen molar-refractivity contribution >= 4 is 17.6 Å². The van der Waals surface area contributed by atoms with Gasteiger partial charge < -0.3 is 9.64 Å². The minimum absolute atomic E-state index is 0.304. The molecule has 1 aliphatic heterocycles. The lowest BCUT2D eigenvalue weighted by Gasteiger charge is -2.46. The topological polar surface area (TPSA) is 67.7 Å². The number of benzene rings is 1. The average Bonchev–Trinajstić information content (AvgIpc) is 3.27. The van der Waals surface area contributed by atoms with Gasteiger partial charge in [-0.1, -0.05) is 24.8 Å². The molecule has 1 aromatic heterocycles. The number of anilines is 1. The maximum atomic E-state index is 12.9. The molecule has 7 nitrogen and oxygen atoms in total. The van der Waals surface area contributed by atoms with E-state index in [9.17, 15) is 9.59 Å². The highest BCUT2D eigenvalue weighted by atomic mass is 16.5. The number of esters is 1. The van der Waals surface area contributed by atoms with Gasteiger partial charge in [0.1, 0.15) is 5.54 Å². The van der Waals surface area contributed by atoms with E-state index in [1.807, 2.05) is 47.3 Å². The number of aromatic nitrogens is 2. The summed E-state index contributed by atoms with van der Waals surface area (Å²) in [5.41, 5.74) is -0.369. The fourth-order valence-electron chi connectivity index (χ4n) is 3.79. The summed E-state index contributed by atoms with van der Waals surface area (Å²) in [6.07, 6.45) is 5.93. The average molecular weight is 382 g/mol. The molecule has 2 aromatic rings. The molecule has 0 unspecified atom stereocenters. The van der Waals surface area contributed by atoms with Gasteiger partial charge in [0, 0.05) is 37.7 Å². The molecule has 0 N–H and O–H groups in total. The highest BCUT2D eigenvalue weighted by Crippen LogP contribution is 2.35. The molecule has 1 aliphatic rings. The molecular weight excluding hydrogens is 356 g/mol. The van der Waals surface area contributed by atoms with Gasteiger partial charge in [0.2, 0.25) is 0 Å². The molecule has 0 radical (unpaired) electrons. The number of likely N-dealkylation sites (tertiary alicyclic amines) is 1. The fourth-order valence-corrected chi connectivity index (χ4v) is 3.79. The first kappa shape index (κ1) is 19.8. The van der Waals surface area contributed by atoms with Crippen molar-refractivity contribution < 1.29 is 14.3 Å². The summed E-state index contributed by atoms with van der Waals surface area (Å²) in [4.78, 5) is 29.5. The van der Waals surface area contributed by atoms with Crippen molar-refractivity contribution in [2.75, 3.05) is 31.6 Å². The monoisotopic (exact) mass is 382 g/mol. The number of hydrogen-bond acceptors (Lipinski definition) is 5. The van der Waals surface area contributed by atoms with Gasteiger partial charge >= 0.3 is 5.97 Å². The summed E-state index contributed by atoms with van der Waals surface area (Å²) in [6.45, 7) is 6.61. The van der Waals surface area contributed by atoms with E-state index in [1.54, 1.807) is 11.1 Å². The zero-order valence-corrected chi connectivity index (χ0v) is 16.2. The predicted molar refractivity (Wildman–Crippen MR) is 107 cm³/mol. The molecule has 0 aliphatic carbocycles. The van der Waals surface area contributed by atoms with Gasteiger partial charge in [0.25, 0.3) is 5.91 Å². The third-order valence-corrected chi connectivity index (χ3v) is 5.29. The Hall–Kier alpha value is -2.93. The molecule has 1 amide bonds. The Morgan fingerprint density at radius 2 is 1.93 bits per heavy atom. The Balaban J connectivity index is 1.81. The summed E-state index contributed by atoms with van der Waals surface area (Å²) >= 11 is 0. The largest absolute Gasteiger partial charge is 0.467 e. The standard InChI is InChI=1S/C21H26N4O3/c1-3-19(26)25(18-8-5-4-6-9-18)21(20(27)28-2)10-14-23(15-11-21)16-17-24-13-7-12-22-24/h3-9,12-13H,1,10-11,14-17H2,2H3. The Bertz CT molecular complexity index is 796. The number of methoxy groups -OCH3 is 1. The van der Waals surface area contributed by atoms with Crippen molar-refractivity contribution in [3.05, 3.63) is 61.4 Å². The number of carbonyl (C=O) groups is 2. The Morgan fingerprint density at radius 1 is 1.21 bits per heavy atom. The Morgan fingerprint density at radius 3 is 2.50 bits per heavy atom. The zero-order valence-electron chi connectivity index (χ0n) is 16.2. The first-order chi connectivity index (χ1) is 13.6. The van der Waals surface area contributed by atoms with Crippen LogP contribution in [0.3, 0.4) is 0 Å². The quantitative estimate of drug-likeness (QED) is 0.542. The molecule has 1 fully saturated rings. The van der Waals surface area contributed by atoms with Crippen LogP contribution in [0.2, 0.25) is 0 Å². The summed E-state index contributed by atoms with van der Waals surface area (Å²) < 4.78 is 7.03. The van der Waals surface area contributed by atoms with Gasteiger partial charge in [-0.2, -0.15) is 5.10 Å². The Kier molecular flexibility index (Phi) is 6.26. The van der Waals surface area contributed by atoms with Crippen LogP contribution in [0, 0.1) is 0 Å². The van der Waals surface area contributed by atoms with Crippen LogP contribution in [0.15, 0.2) is 61.4 Å². The third-order valence-electron chi connectivity index (χ3n) is 5.29. The lowest BCUT2D eigenvalue weighted by molar-refractivity contribution is -0.150. The highest BCUT2D eigenvalue weighted by molar-refractivity contribution is 6.07. The smallest absolute Gasteiger partial charge is 0.332 e. The molecule has 0 atom stereocenters. The number of amides is 1. The van der Waals surface area contributed by atoms with Crippen molar-refractivity contribution in [3.63, 3.8) is 0 Å². The van der Waals surface area contributed by atoms with Crippen LogP contribution in [0.4, 0.5) is 5.69 Å². The van der Waals surface area contributed by atoms with Gasteiger partial charge in [-0.15, -0.1) is 0 Å². The maximum absolute atomic E-state index is 12.9. The van der Waals surface area contributed by atoms with Crippen molar-refractivity contribution in [2.24, 2.45) is 0 Å². The maximum Gasteiger partial charge on any atom is 0.332 e. The van der Waals surface area contributed by atoms with E-state index in [1.165, 1.54) is 13.2 Å². The van der Waals surface area contributed by atoms with E-state index < -0.39 is 11.5 Å². The van der Waals surface area contributed by atoms with Crippen LogP contribution in [-0.2, 0) is 20.9 Å². The second-order valence-electron chi connectivity index (χ2n) is 6.85. The minimum atomic E-state index is -1.04. The fraction of sp³-hybridized carbons (Fsp3) is 0.381.